The van der Waals surface area contributed by atoms with Gasteiger partial charge in [0.15, 0.2) is 17.3 Å². The second-order valence-electron chi connectivity index (χ2n) is 6.05. The third kappa shape index (κ3) is 3.44. The first-order valence-corrected chi connectivity index (χ1v) is 9.18. The Labute approximate surface area is 156 Å². The molecule has 0 amide bonds. The van der Waals surface area contributed by atoms with Crippen molar-refractivity contribution >= 4 is 23.5 Å². The molecule has 0 bridgehead atoms. The molecule has 1 N–H and O–H groups in total. The number of fused-ring (bicyclic) bond motifs is 1. The highest BCUT2D eigenvalue weighted by Crippen LogP contribution is 2.36. The van der Waals surface area contributed by atoms with Gasteiger partial charge in [-0.25, -0.2) is 4.79 Å². The van der Waals surface area contributed by atoms with E-state index in [0.29, 0.717) is 41.5 Å². The number of ether oxygens (including phenoxy) is 3. The molecule has 0 spiro atoms. The molecule has 1 atom stereocenters. The predicted octanol–water partition coefficient (Wildman–Crippen LogP) is 3.55. The number of hydrogen-bond acceptors (Lipinski definition) is 6. The van der Waals surface area contributed by atoms with Crippen molar-refractivity contribution < 1.29 is 23.8 Å². The summed E-state index contributed by atoms with van der Waals surface area (Å²) in [5.74, 6) is 0.905. The van der Waals surface area contributed by atoms with Gasteiger partial charge >= 0.3 is 5.97 Å². The molecule has 0 aliphatic carbocycles. The van der Waals surface area contributed by atoms with Gasteiger partial charge in [0.05, 0.1) is 23.6 Å². The van der Waals surface area contributed by atoms with Crippen molar-refractivity contribution in [1.29, 1.82) is 0 Å². The summed E-state index contributed by atoms with van der Waals surface area (Å²) in [5, 5.41) is -0.334. The molecule has 1 aromatic carbocycles. The van der Waals surface area contributed by atoms with E-state index in [-0.39, 0.29) is 11.0 Å². The maximum absolute atomic E-state index is 12.9. The van der Waals surface area contributed by atoms with Crippen LogP contribution in [-0.4, -0.2) is 42.3 Å². The topological polar surface area (TPSA) is 77.6 Å². The van der Waals surface area contributed by atoms with Crippen LogP contribution in [0.2, 0.25) is 0 Å². The van der Waals surface area contributed by atoms with Crippen molar-refractivity contribution in [3.05, 3.63) is 40.7 Å². The number of aromatic amines is 1. The lowest BCUT2D eigenvalue weighted by molar-refractivity contribution is 0.0599. The fourth-order valence-electron chi connectivity index (χ4n) is 2.96. The Hall–Kier alpha value is -2.41. The van der Waals surface area contributed by atoms with Crippen LogP contribution < -0.4 is 9.47 Å². The second kappa shape index (κ2) is 7.45. The zero-order valence-electron chi connectivity index (χ0n) is 15.2. The van der Waals surface area contributed by atoms with Crippen LogP contribution in [-0.2, 0) is 4.74 Å². The van der Waals surface area contributed by atoms with Crippen LogP contribution >= 0.6 is 11.8 Å². The van der Waals surface area contributed by atoms with Gasteiger partial charge in [0.1, 0.15) is 13.2 Å². The van der Waals surface area contributed by atoms with Crippen molar-refractivity contribution in [2.75, 3.05) is 20.3 Å². The quantitative estimate of drug-likeness (QED) is 0.489. The lowest BCUT2D eigenvalue weighted by Gasteiger charge is -2.19. The lowest BCUT2D eigenvalue weighted by atomic mass is 10.1. The monoisotopic (exact) mass is 375 g/mol. The molecule has 1 aliphatic rings. The third-order valence-corrected chi connectivity index (χ3v) is 5.36. The summed E-state index contributed by atoms with van der Waals surface area (Å²) in [6.07, 6.45) is 0. The number of carbonyl (C=O) groups excluding carboxylic acids is 2. The van der Waals surface area contributed by atoms with Crippen LogP contribution in [0.25, 0.3) is 0 Å². The van der Waals surface area contributed by atoms with Crippen LogP contribution in [0.15, 0.2) is 23.1 Å². The van der Waals surface area contributed by atoms with E-state index < -0.39 is 5.97 Å². The highest BCUT2D eigenvalue weighted by Gasteiger charge is 2.26. The minimum absolute atomic E-state index is 0.0688. The van der Waals surface area contributed by atoms with Gasteiger partial charge in [0, 0.05) is 10.6 Å². The van der Waals surface area contributed by atoms with Gasteiger partial charge in [-0.2, -0.15) is 0 Å². The molecule has 26 heavy (non-hydrogen) atoms. The summed E-state index contributed by atoms with van der Waals surface area (Å²) >= 11 is 1.44. The van der Waals surface area contributed by atoms with Gasteiger partial charge < -0.3 is 19.2 Å². The standard InChI is InChI=1S/C19H21NO5S/c1-10-16(19(22)23-4)11(2)20-17(10)18(21)12(3)26-13-5-6-14-15(9-13)25-8-7-24-14/h5-6,9,12,20H,7-8H2,1-4H3/t12-/m1/s1. The van der Waals surface area contributed by atoms with E-state index in [2.05, 4.69) is 4.98 Å². The summed E-state index contributed by atoms with van der Waals surface area (Å²) in [6, 6.07) is 5.65. The van der Waals surface area contributed by atoms with E-state index in [9.17, 15) is 9.59 Å². The number of hydrogen-bond donors (Lipinski definition) is 1. The summed E-state index contributed by atoms with van der Waals surface area (Å²) in [5.41, 5.74) is 2.12. The van der Waals surface area contributed by atoms with E-state index in [4.69, 9.17) is 14.2 Å². The van der Waals surface area contributed by atoms with Crippen molar-refractivity contribution in [2.24, 2.45) is 0 Å². The van der Waals surface area contributed by atoms with Gasteiger partial charge in [-0.15, -0.1) is 11.8 Å². The molecule has 2 heterocycles. The van der Waals surface area contributed by atoms with Crippen LogP contribution in [0.3, 0.4) is 0 Å². The Morgan fingerprint density at radius 2 is 1.88 bits per heavy atom. The fraction of sp³-hybridized carbons (Fsp3) is 0.368. The molecule has 6 nitrogen and oxygen atoms in total. The number of rotatable bonds is 5. The van der Waals surface area contributed by atoms with Crippen molar-refractivity contribution in [1.82, 2.24) is 4.98 Å². The molecule has 0 unspecified atom stereocenters. The Morgan fingerprint density at radius 1 is 1.19 bits per heavy atom. The average molecular weight is 375 g/mol. The van der Waals surface area contributed by atoms with Crippen molar-refractivity contribution in [2.45, 2.75) is 30.9 Å². The van der Waals surface area contributed by atoms with Crippen LogP contribution in [0.4, 0.5) is 0 Å². The van der Waals surface area contributed by atoms with Crippen molar-refractivity contribution in [3.8, 4) is 11.5 Å². The molecule has 138 valence electrons. The lowest BCUT2D eigenvalue weighted by Crippen LogP contribution is -2.16. The summed E-state index contributed by atoms with van der Waals surface area (Å²) < 4.78 is 15.9. The largest absolute Gasteiger partial charge is 0.486 e. The Balaban J connectivity index is 1.79. The molecule has 0 fully saturated rings. The molecule has 0 saturated carbocycles. The first-order chi connectivity index (χ1) is 12.4. The predicted molar refractivity (Wildman–Crippen MR) is 98.7 cm³/mol. The molecule has 2 aromatic rings. The van der Waals surface area contributed by atoms with E-state index in [1.54, 1.807) is 13.8 Å². The van der Waals surface area contributed by atoms with Crippen LogP contribution in [0.5, 0.6) is 11.5 Å². The fourth-order valence-corrected chi connectivity index (χ4v) is 3.92. The smallest absolute Gasteiger partial charge is 0.339 e. The zero-order chi connectivity index (χ0) is 18.8. The Morgan fingerprint density at radius 3 is 2.58 bits per heavy atom. The van der Waals surface area contributed by atoms with Gasteiger partial charge in [-0.3, -0.25) is 4.79 Å². The first-order valence-electron chi connectivity index (χ1n) is 8.30. The molecular weight excluding hydrogens is 354 g/mol. The van der Waals surface area contributed by atoms with E-state index >= 15 is 0 Å². The minimum atomic E-state index is -0.442. The number of aromatic nitrogens is 1. The second-order valence-corrected chi connectivity index (χ2v) is 7.46. The summed E-state index contributed by atoms with van der Waals surface area (Å²) in [6.45, 7) is 6.42. The van der Waals surface area contributed by atoms with Gasteiger partial charge in [-0.1, -0.05) is 0 Å². The van der Waals surface area contributed by atoms with Crippen molar-refractivity contribution in [3.63, 3.8) is 0 Å². The van der Waals surface area contributed by atoms with E-state index in [1.807, 2.05) is 25.1 Å². The zero-order valence-corrected chi connectivity index (χ0v) is 16.0. The molecular formula is C19H21NO5S. The van der Waals surface area contributed by atoms with Crippen LogP contribution in [0, 0.1) is 13.8 Å². The van der Waals surface area contributed by atoms with Gasteiger partial charge in [-0.05, 0) is 44.5 Å². The number of ketones is 1. The van der Waals surface area contributed by atoms with Gasteiger partial charge in [0.25, 0.3) is 0 Å². The Bertz CT molecular complexity index is 858. The third-order valence-electron chi connectivity index (χ3n) is 4.27. The number of aryl methyl sites for hydroxylation is 1. The maximum Gasteiger partial charge on any atom is 0.339 e. The number of benzene rings is 1. The summed E-state index contributed by atoms with van der Waals surface area (Å²) in [4.78, 5) is 28.7. The minimum Gasteiger partial charge on any atom is -0.486 e. The van der Waals surface area contributed by atoms with E-state index in [0.717, 1.165) is 10.6 Å². The number of H-pyrrole nitrogens is 1. The normalized spacial score (nSPS) is 14.0. The molecule has 3 rings (SSSR count). The molecule has 0 saturated heterocycles. The molecule has 1 aromatic heterocycles. The average Bonchev–Trinajstić information content (AvgIpc) is 2.94. The molecule has 1 aliphatic heterocycles. The summed E-state index contributed by atoms with van der Waals surface area (Å²) in [7, 11) is 1.33. The number of methoxy groups -OCH3 is 1. The first kappa shape index (κ1) is 18.4. The highest BCUT2D eigenvalue weighted by molar-refractivity contribution is 8.00. The maximum atomic E-state index is 12.9. The SMILES string of the molecule is COC(=O)c1c(C)[nH]c(C(=O)[C@@H](C)Sc2ccc3c(c2)OCCO3)c1C. The number of nitrogens with one attached hydrogen (secondary N) is 1. The highest BCUT2D eigenvalue weighted by atomic mass is 32.2. The number of thioether (sulfide) groups is 1. The number of Topliss-reactive ketones (excluding diaryl/α,β-unsaturated/α-hetero) is 1. The molecule has 7 heteroatoms. The van der Waals surface area contributed by atoms with Crippen LogP contribution in [0.1, 0.15) is 39.0 Å². The number of esters is 1. The molecule has 0 radical (unpaired) electrons. The Kier molecular flexibility index (Phi) is 5.27. The van der Waals surface area contributed by atoms with Gasteiger partial charge in [0.2, 0.25) is 0 Å². The number of carbonyl (C=O) groups is 2. The van der Waals surface area contributed by atoms with E-state index in [1.165, 1.54) is 18.9 Å².